The highest BCUT2D eigenvalue weighted by atomic mass is 16.3. The van der Waals surface area contributed by atoms with Crippen molar-refractivity contribution >= 4 is 11.5 Å². The highest BCUT2D eigenvalue weighted by Crippen LogP contribution is 2.24. The maximum absolute atomic E-state index is 9.18. The summed E-state index contributed by atoms with van der Waals surface area (Å²) in [6.45, 7) is 5.05. The predicted molar refractivity (Wildman–Crippen MR) is 74.0 cm³/mol. The molecular weight excluding hydrogens is 224 g/mol. The number of aryl methyl sites for hydroxylation is 1. The first-order valence-corrected chi connectivity index (χ1v) is 6.14. The normalized spacial score (nSPS) is 10.4. The number of rotatable bonds is 4. The van der Waals surface area contributed by atoms with E-state index in [1.807, 2.05) is 12.1 Å². The van der Waals surface area contributed by atoms with E-state index in [1.165, 1.54) is 5.56 Å². The Hall–Kier alpha value is -1.87. The van der Waals surface area contributed by atoms with Gasteiger partial charge in [0.25, 0.3) is 0 Å². The third kappa shape index (κ3) is 2.68. The Kier molecular flexibility index (Phi) is 3.95. The van der Waals surface area contributed by atoms with Gasteiger partial charge in [-0.2, -0.15) is 0 Å². The molecule has 0 aliphatic rings. The monoisotopic (exact) mass is 242 g/mol. The van der Waals surface area contributed by atoms with E-state index in [4.69, 9.17) is 0 Å². The van der Waals surface area contributed by atoms with E-state index < -0.39 is 0 Å². The molecule has 2 rings (SSSR count). The summed E-state index contributed by atoms with van der Waals surface area (Å²) in [5, 5.41) is 9.18. The van der Waals surface area contributed by atoms with Crippen LogP contribution >= 0.6 is 0 Å². The van der Waals surface area contributed by atoms with E-state index in [-0.39, 0.29) is 6.61 Å². The van der Waals surface area contributed by atoms with Crippen molar-refractivity contribution in [2.75, 3.05) is 11.4 Å². The summed E-state index contributed by atoms with van der Waals surface area (Å²) in [4.78, 5) is 6.50. The lowest BCUT2D eigenvalue weighted by molar-refractivity contribution is 0.282. The van der Waals surface area contributed by atoms with E-state index in [0.29, 0.717) is 0 Å². The maximum atomic E-state index is 9.18. The summed E-state index contributed by atoms with van der Waals surface area (Å²) in [6.07, 6.45) is 1.73. The van der Waals surface area contributed by atoms with Crippen LogP contribution in [0.2, 0.25) is 0 Å². The molecule has 94 valence electrons. The van der Waals surface area contributed by atoms with Crippen molar-refractivity contribution in [1.29, 1.82) is 0 Å². The molecule has 18 heavy (non-hydrogen) atoms. The minimum atomic E-state index is 0.0426. The van der Waals surface area contributed by atoms with Crippen LogP contribution in [0.1, 0.15) is 18.1 Å². The predicted octanol–water partition coefficient (Wildman–Crippen LogP) is 3.04. The number of benzene rings is 1. The lowest BCUT2D eigenvalue weighted by Crippen LogP contribution is -2.17. The maximum Gasteiger partial charge on any atom is 0.133 e. The van der Waals surface area contributed by atoms with Gasteiger partial charge < -0.3 is 10.0 Å². The van der Waals surface area contributed by atoms with Crippen LogP contribution in [0.15, 0.2) is 42.6 Å². The number of hydrogen-bond donors (Lipinski definition) is 1. The summed E-state index contributed by atoms with van der Waals surface area (Å²) in [6, 6.07) is 12.1. The van der Waals surface area contributed by atoms with Gasteiger partial charge in [0.15, 0.2) is 0 Å². The zero-order chi connectivity index (χ0) is 13.0. The standard InChI is InChI=1S/C15H18N2O/c1-3-17(14-6-4-12(2)5-7-14)15-10-13(11-18)8-9-16-15/h4-10,18H,3,11H2,1-2H3. The molecule has 0 aliphatic heterocycles. The molecule has 0 unspecified atom stereocenters. The fraction of sp³-hybridized carbons (Fsp3) is 0.267. The van der Waals surface area contributed by atoms with Crippen LogP contribution in [0.5, 0.6) is 0 Å². The first-order valence-electron chi connectivity index (χ1n) is 6.14. The van der Waals surface area contributed by atoms with Crippen molar-refractivity contribution in [3.63, 3.8) is 0 Å². The fourth-order valence-electron chi connectivity index (χ4n) is 1.91. The molecule has 0 aliphatic carbocycles. The van der Waals surface area contributed by atoms with Crippen molar-refractivity contribution in [2.45, 2.75) is 20.5 Å². The molecule has 3 heteroatoms. The van der Waals surface area contributed by atoms with Crippen LogP contribution in [-0.4, -0.2) is 16.6 Å². The van der Waals surface area contributed by atoms with Gasteiger partial charge in [-0.25, -0.2) is 4.98 Å². The van der Waals surface area contributed by atoms with Crippen LogP contribution < -0.4 is 4.90 Å². The van der Waals surface area contributed by atoms with E-state index in [2.05, 4.69) is 48.0 Å². The topological polar surface area (TPSA) is 36.4 Å². The van der Waals surface area contributed by atoms with Gasteiger partial charge in [-0.15, -0.1) is 0 Å². The number of pyridine rings is 1. The third-order valence-electron chi connectivity index (χ3n) is 2.93. The third-order valence-corrected chi connectivity index (χ3v) is 2.93. The Balaban J connectivity index is 2.35. The number of anilines is 2. The van der Waals surface area contributed by atoms with Crippen LogP contribution in [0.25, 0.3) is 0 Å². The fourth-order valence-corrected chi connectivity index (χ4v) is 1.91. The number of hydrogen-bond acceptors (Lipinski definition) is 3. The molecule has 0 fully saturated rings. The van der Waals surface area contributed by atoms with Gasteiger partial charge in [-0.1, -0.05) is 17.7 Å². The minimum absolute atomic E-state index is 0.0426. The van der Waals surface area contributed by atoms with Crippen molar-refractivity contribution in [3.05, 3.63) is 53.7 Å². The Morgan fingerprint density at radius 1 is 1.17 bits per heavy atom. The van der Waals surface area contributed by atoms with Crippen LogP contribution in [0, 0.1) is 6.92 Å². The molecule has 3 nitrogen and oxygen atoms in total. The number of aromatic nitrogens is 1. The molecule has 1 aromatic heterocycles. The molecule has 0 radical (unpaired) electrons. The average molecular weight is 242 g/mol. The first-order chi connectivity index (χ1) is 8.74. The van der Waals surface area contributed by atoms with Gasteiger partial charge in [0.1, 0.15) is 5.82 Å². The molecule has 0 saturated carbocycles. The number of aliphatic hydroxyl groups excluding tert-OH is 1. The lowest BCUT2D eigenvalue weighted by atomic mass is 10.2. The molecule has 1 N–H and O–H groups in total. The molecule has 0 bridgehead atoms. The second kappa shape index (κ2) is 5.65. The van der Waals surface area contributed by atoms with Crippen LogP contribution in [0.4, 0.5) is 11.5 Å². The Morgan fingerprint density at radius 3 is 2.50 bits per heavy atom. The van der Waals surface area contributed by atoms with Crippen molar-refractivity contribution in [2.24, 2.45) is 0 Å². The highest BCUT2D eigenvalue weighted by Gasteiger charge is 2.08. The van der Waals surface area contributed by atoms with Gasteiger partial charge >= 0.3 is 0 Å². The summed E-state index contributed by atoms with van der Waals surface area (Å²) >= 11 is 0. The lowest BCUT2D eigenvalue weighted by Gasteiger charge is -2.22. The molecular formula is C15H18N2O. The summed E-state index contributed by atoms with van der Waals surface area (Å²) in [5.41, 5.74) is 3.24. The molecule has 0 spiro atoms. The van der Waals surface area contributed by atoms with Crippen molar-refractivity contribution < 1.29 is 5.11 Å². The first kappa shape index (κ1) is 12.6. The smallest absolute Gasteiger partial charge is 0.133 e. The number of nitrogens with zero attached hydrogens (tertiary/aromatic N) is 2. The van der Waals surface area contributed by atoms with E-state index in [0.717, 1.165) is 23.6 Å². The molecule has 0 saturated heterocycles. The summed E-state index contributed by atoms with van der Waals surface area (Å²) in [5.74, 6) is 0.868. The quantitative estimate of drug-likeness (QED) is 0.895. The zero-order valence-electron chi connectivity index (χ0n) is 10.8. The van der Waals surface area contributed by atoms with E-state index in [9.17, 15) is 5.11 Å². The van der Waals surface area contributed by atoms with Gasteiger partial charge in [0.05, 0.1) is 6.61 Å². The minimum Gasteiger partial charge on any atom is -0.392 e. The molecule has 0 atom stereocenters. The summed E-state index contributed by atoms with van der Waals surface area (Å²) < 4.78 is 0. The Bertz CT molecular complexity index is 508. The van der Waals surface area contributed by atoms with Crippen molar-refractivity contribution in [1.82, 2.24) is 4.98 Å². The van der Waals surface area contributed by atoms with Gasteiger partial charge in [-0.05, 0) is 43.7 Å². The SMILES string of the molecule is CCN(c1ccc(C)cc1)c1cc(CO)ccn1. The van der Waals surface area contributed by atoms with E-state index >= 15 is 0 Å². The van der Waals surface area contributed by atoms with E-state index in [1.54, 1.807) is 6.20 Å². The molecule has 1 aromatic carbocycles. The van der Waals surface area contributed by atoms with Crippen molar-refractivity contribution in [3.8, 4) is 0 Å². The van der Waals surface area contributed by atoms with Crippen LogP contribution in [-0.2, 0) is 6.61 Å². The average Bonchev–Trinajstić information content (AvgIpc) is 2.42. The number of aliphatic hydroxyl groups is 1. The Labute approximate surface area is 108 Å². The molecule has 2 aromatic rings. The van der Waals surface area contributed by atoms with Gasteiger partial charge in [-0.3, -0.25) is 0 Å². The second-order valence-corrected chi connectivity index (χ2v) is 4.26. The Morgan fingerprint density at radius 2 is 1.89 bits per heavy atom. The van der Waals surface area contributed by atoms with Gasteiger partial charge in [0.2, 0.25) is 0 Å². The highest BCUT2D eigenvalue weighted by molar-refractivity contribution is 5.60. The van der Waals surface area contributed by atoms with Gasteiger partial charge in [0, 0.05) is 18.4 Å². The summed E-state index contributed by atoms with van der Waals surface area (Å²) in [7, 11) is 0. The van der Waals surface area contributed by atoms with Crippen LogP contribution in [0.3, 0.4) is 0 Å². The second-order valence-electron chi connectivity index (χ2n) is 4.26. The molecule has 1 heterocycles. The largest absolute Gasteiger partial charge is 0.392 e. The molecule has 0 amide bonds. The zero-order valence-corrected chi connectivity index (χ0v) is 10.8.